The molecule has 126 valence electrons. The van der Waals surface area contributed by atoms with Crippen LogP contribution in [0, 0.1) is 0 Å². The van der Waals surface area contributed by atoms with Gasteiger partial charge in [-0.2, -0.15) is 0 Å². The fourth-order valence-corrected chi connectivity index (χ4v) is 3.01. The number of ether oxygens (including phenoxy) is 1. The van der Waals surface area contributed by atoms with Gasteiger partial charge < -0.3 is 15.0 Å². The molecule has 1 aliphatic rings. The Morgan fingerprint density at radius 1 is 1.26 bits per heavy atom. The summed E-state index contributed by atoms with van der Waals surface area (Å²) in [6.45, 7) is 8.95. The van der Waals surface area contributed by atoms with E-state index in [-0.39, 0.29) is 11.4 Å². The molecule has 1 aromatic rings. The summed E-state index contributed by atoms with van der Waals surface area (Å²) in [6.07, 6.45) is 0. The van der Waals surface area contributed by atoms with Gasteiger partial charge in [0.25, 0.3) is 0 Å². The van der Waals surface area contributed by atoms with Crippen molar-refractivity contribution in [3.63, 3.8) is 0 Å². The van der Waals surface area contributed by atoms with Gasteiger partial charge in [0.15, 0.2) is 5.17 Å². The lowest BCUT2D eigenvalue weighted by Crippen LogP contribution is -2.43. The molecule has 1 saturated heterocycles. The summed E-state index contributed by atoms with van der Waals surface area (Å²) in [4.78, 5) is 19.0. The Labute approximate surface area is 142 Å². The number of carbonyl (C=O) groups excluding carboxylic acids is 1. The molecule has 0 aliphatic carbocycles. The largest absolute Gasteiger partial charge is 0.378 e. The summed E-state index contributed by atoms with van der Waals surface area (Å²) in [5.74, 6) is 0.386. The Morgan fingerprint density at radius 2 is 1.91 bits per heavy atom. The number of morpholine rings is 1. The third-order valence-corrected chi connectivity index (χ3v) is 4.12. The van der Waals surface area contributed by atoms with Gasteiger partial charge >= 0.3 is 0 Å². The number of aliphatic imine (C=N–C) groups is 1. The van der Waals surface area contributed by atoms with Crippen molar-refractivity contribution in [2.45, 2.75) is 26.3 Å². The molecule has 0 spiro atoms. The Kier molecular flexibility index (Phi) is 6.47. The van der Waals surface area contributed by atoms with Crippen LogP contribution in [0.15, 0.2) is 35.3 Å². The van der Waals surface area contributed by atoms with Crippen molar-refractivity contribution in [1.82, 2.24) is 10.2 Å². The minimum atomic E-state index is -0.215. The average molecular weight is 335 g/mol. The molecule has 1 amide bonds. The second-order valence-corrected chi connectivity index (χ2v) is 7.36. The van der Waals surface area contributed by atoms with Crippen molar-refractivity contribution in [2.75, 3.05) is 32.1 Å². The van der Waals surface area contributed by atoms with Crippen LogP contribution in [0.25, 0.3) is 0 Å². The summed E-state index contributed by atoms with van der Waals surface area (Å²) in [5, 5.41) is 3.86. The monoisotopic (exact) mass is 335 g/mol. The van der Waals surface area contributed by atoms with E-state index in [0.717, 1.165) is 23.9 Å². The van der Waals surface area contributed by atoms with E-state index in [4.69, 9.17) is 9.73 Å². The van der Waals surface area contributed by atoms with E-state index in [2.05, 4.69) is 10.2 Å². The first-order valence-corrected chi connectivity index (χ1v) is 8.83. The minimum absolute atomic E-state index is 0.0246. The number of benzene rings is 1. The van der Waals surface area contributed by atoms with Gasteiger partial charge in [0, 0.05) is 18.6 Å². The van der Waals surface area contributed by atoms with Gasteiger partial charge in [-0.1, -0.05) is 30.0 Å². The molecule has 6 heteroatoms. The van der Waals surface area contributed by atoms with Crippen LogP contribution in [0.4, 0.5) is 5.69 Å². The minimum Gasteiger partial charge on any atom is -0.378 e. The normalized spacial score (nSPS) is 16.3. The third kappa shape index (κ3) is 6.62. The first-order valence-electron chi connectivity index (χ1n) is 7.84. The van der Waals surface area contributed by atoms with E-state index in [0.29, 0.717) is 19.0 Å². The van der Waals surface area contributed by atoms with Crippen molar-refractivity contribution in [2.24, 2.45) is 4.99 Å². The SMILES string of the molecule is CC(C)(C)NC(=O)CSC(=Nc1ccccc1)N1CCOCC1. The van der Waals surface area contributed by atoms with Crippen LogP contribution in [-0.2, 0) is 9.53 Å². The standard InChI is InChI=1S/C17H25N3O2S/c1-17(2,3)19-15(21)13-23-16(20-9-11-22-12-10-20)18-14-7-5-4-6-8-14/h4-8H,9-13H2,1-3H3,(H,19,21). The molecule has 0 radical (unpaired) electrons. The number of amidine groups is 1. The van der Waals surface area contributed by atoms with Crippen molar-refractivity contribution in [3.8, 4) is 0 Å². The van der Waals surface area contributed by atoms with Gasteiger partial charge in [0.05, 0.1) is 24.7 Å². The highest BCUT2D eigenvalue weighted by atomic mass is 32.2. The summed E-state index contributed by atoms with van der Waals surface area (Å²) in [5.41, 5.74) is 0.686. The number of rotatable bonds is 3. The molecule has 2 rings (SSSR count). The van der Waals surface area contributed by atoms with Crippen LogP contribution in [0.1, 0.15) is 20.8 Å². The predicted molar refractivity (Wildman–Crippen MR) is 96.3 cm³/mol. The lowest BCUT2D eigenvalue weighted by atomic mass is 10.1. The second-order valence-electron chi connectivity index (χ2n) is 6.42. The van der Waals surface area contributed by atoms with Gasteiger partial charge in [0.2, 0.25) is 5.91 Å². The predicted octanol–water partition coefficient (Wildman–Crippen LogP) is 2.65. The Morgan fingerprint density at radius 3 is 2.52 bits per heavy atom. The van der Waals surface area contributed by atoms with Crippen LogP contribution in [0.2, 0.25) is 0 Å². The Hall–Kier alpha value is -1.53. The lowest BCUT2D eigenvalue weighted by Gasteiger charge is -2.29. The van der Waals surface area contributed by atoms with E-state index in [1.807, 2.05) is 51.1 Å². The third-order valence-electron chi connectivity index (χ3n) is 3.11. The van der Waals surface area contributed by atoms with E-state index < -0.39 is 0 Å². The fourth-order valence-electron chi connectivity index (χ4n) is 2.15. The topological polar surface area (TPSA) is 53.9 Å². The molecule has 23 heavy (non-hydrogen) atoms. The van der Waals surface area contributed by atoms with Crippen LogP contribution in [0.3, 0.4) is 0 Å². The molecule has 1 fully saturated rings. The van der Waals surface area contributed by atoms with Crippen LogP contribution in [0.5, 0.6) is 0 Å². The molecule has 0 unspecified atom stereocenters. The zero-order valence-corrected chi connectivity index (χ0v) is 14.9. The van der Waals surface area contributed by atoms with Gasteiger partial charge in [-0.3, -0.25) is 4.79 Å². The van der Waals surface area contributed by atoms with Gasteiger partial charge in [0.1, 0.15) is 0 Å². The second kappa shape index (κ2) is 8.36. The van der Waals surface area contributed by atoms with Crippen molar-refractivity contribution in [1.29, 1.82) is 0 Å². The number of nitrogens with zero attached hydrogens (tertiary/aromatic N) is 2. The van der Waals surface area contributed by atoms with Crippen molar-refractivity contribution in [3.05, 3.63) is 30.3 Å². The molecule has 1 aromatic carbocycles. The van der Waals surface area contributed by atoms with Crippen LogP contribution < -0.4 is 5.32 Å². The van der Waals surface area contributed by atoms with E-state index in [1.54, 1.807) is 0 Å². The summed E-state index contributed by atoms with van der Waals surface area (Å²) < 4.78 is 5.41. The van der Waals surface area contributed by atoms with Gasteiger partial charge in [-0.25, -0.2) is 4.99 Å². The van der Waals surface area contributed by atoms with Crippen molar-refractivity contribution < 1.29 is 9.53 Å². The van der Waals surface area contributed by atoms with Crippen molar-refractivity contribution >= 4 is 28.5 Å². The summed E-state index contributed by atoms with van der Waals surface area (Å²) in [7, 11) is 0. The molecule has 5 nitrogen and oxygen atoms in total. The molecule has 0 atom stereocenters. The van der Waals surface area contributed by atoms with Crippen LogP contribution >= 0.6 is 11.8 Å². The molecular weight excluding hydrogens is 310 g/mol. The quantitative estimate of drug-likeness (QED) is 0.681. The fraction of sp³-hybridized carbons (Fsp3) is 0.529. The maximum absolute atomic E-state index is 12.1. The lowest BCUT2D eigenvalue weighted by molar-refractivity contribution is -0.119. The highest BCUT2D eigenvalue weighted by Gasteiger charge is 2.19. The summed E-state index contributed by atoms with van der Waals surface area (Å²) in [6, 6.07) is 9.84. The maximum Gasteiger partial charge on any atom is 0.230 e. The number of carbonyl (C=O) groups is 1. The zero-order chi connectivity index (χ0) is 16.7. The molecule has 1 aliphatic heterocycles. The number of thioether (sulfide) groups is 1. The molecule has 0 saturated carbocycles. The van der Waals surface area contributed by atoms with Crippen LogP contribution in [-0.4, -0.2) is 53.6 Å². The number of para-hydroxylation sites is 1. The molecule has 1 N–H and O–H groups in total. The van der Waals surface area contributed by atoms with E-state index >= 15 is 0 Å². The highest BCUT2D eigenvalue weighted by Crippen LogP contribution is 2.18. The molecular formula is C17H25N3O2S. The first-order chi connectivity index (χ1) is 10.9. The first kappa shape index (κ1) is 17.8. The number of hydrogen-bond acceptors (Lipinski definition) is 4. The highest BCUT2D eigenvalue weighted by molar-refractivity contribution is 8.14. The molecule has 1 heterocycles. The van der Waals surface area contributed by atoms with E-state index in [1.165, 1.54) is 11.8 Å². The maximum atomic E-state index is 12.1. The summed E-state index contributed by atoms with van der Waals surface area (Å²) >= 11 is 1.48. The Balaban J connectivity index is 2.04. The number of hydrogen-bond donors (Lipinski definition) is 1. The number of nitrogens with one attached hydrogen (secondary N) is 1. The van der Waals surface area contributed by atoms with Gasteiger partial charge in [-0.15, -0.1) is 0 Å². The Bertz CT molecular complexity index is 535. The average Bonchev–Trinajstić information content (AvgIpc) is 2.51. The zero-order valence-electron chi connectivity index (χ0n) is 14.0. The van der Waals surface area contributed by atoms with E-state index in [9.17, 15) is 4.79 Å². The smallest absolute Gasteiger partial charge is 0.230 e. The van der Waals surface area contributed by atoms with Gasteiger partial charge in [-0.05, 0) is 32.9 Å². The molecule has 0 aromatic heterocycles. The molecule has 0 bridgehead atoms. The number of amides is 1.